The van der Waals surface area contributed by atoms with Crippen molar-refractivity contribution in [1.82, 2.24) is 20.5 Å². The smallest absolute Gasteiger partial charge is 0.267 e. The van der Waals surface area contributed by atoms with E-state index < -0.39 is 5.91 Å². The third-order valence-corrected chi connectivity index (χ3v) is 3.54. The minimum Gasteiger partial charge on any atom is -0.288 e. The summed E-state index contributed by atoms with van der Waals surface area (Å²) in [5, 5.41) is 16.6. The molecule has 3 rings (SSSR count). The van der Waals surface area contributed by atoms with Crippen LogP contribution >= 0.6 is 0 Å². The average molecular weight is 338 g/mol. The van der Waals surface area contributed by atoms with E-state index in [1.165, 1.54) is 23.7 Å². The van der Waals surface area contributed by atoms with Gasteiger partial charge in [0.15, 0.2) is 0 Å². The summed E-state index contributed by atoms with van der Waals surface area (Å²) >= 11 is 0. The molecule has 0 aliphatic heterocycles. The molecule has 1 amide bonds. The van der Waals surface area contributed by atoms with E-state index >= 15 is 0 Å². The maximum Gasteiger partial charge on any atom is 0.267 e. The zero-order valence-electron chi connectivity index (χ0n) is 13.1. The number of hydrogen-bond donors (Lipinski definition) is 2. The Hall–Kier alpha value is -3.32. The van der Waals surface area contributed by atoms with Crippen molar-refractivity contribution in [2.24, 2.45) is 0 Å². The summed E-state index contributed by atoms with van der Waals surface area (Å²) < 4.78 is 14.7. The minimum atomic E-state index is -0.583. The largest absolute Gasteiger partial charge is 0.288 e. The van der Waals surface area contributed by atoms with Crippen LogP contribution in [0.1, 0.15) is 11.1 Å². The number of nitrogens with one attached hydrogen (secondary N) is 1. The molecule has 0 spiro atoms. The van der Waals surface area contributed by atoms with Crippen LogP contribution in [0.15, 0.2) is 60.8 Å². The predicted octanol–water partition coefficient (Wildman–Crippen LogP) is 2.65. The molecule has 2 N–H and O–H groups in total. The zero-order chi connectivity index (χ0) is 17.6. The highest BCUT2D eigenvalue weighted by Gasteiger charge is 2.05. The number of benzene rings is 2. The molecule has 0 saturated heterocycles. The van der Waals surface area contributed by atoms with Gasteiger partial charge in [-0.1, -0.05) is 29.5 Å². The van der Waals surface area contributed by atoms with E-state index in [0.29, 0.717) is 12.2 Å². The monoisotopic (exact) mass is 338 g/mol. The summed E-state index contributed by atoms with van der Waals surface area (Å²) in [6.07, 6.45) is 4.63. The maximum absolute atomic E-state index is 13.0. The van der Waals surface area contributed by atoms with E-state index in [0.717, 1.165) is 16.7 Å². The normalized spacial score (nSPS) is 11.0. The van der Waals surface area contributed by atoms with Crippen LogP contribution in [-0.2, 0) is 11.3 Å². The van der Waals surface area contributed by atoms with Crippen molar-refractivity contribution in [2.75, 3.05) is 0 Å². The number of rotatable bonds is 5. The lowest BCUT2D eigenvalue weighted by Crippen LogP contribution is -2.14. The second-order valence-electron chi connectivity index (χ2n) is 5.36. The van der Waals surface area contributed by atoms with Gasteiger partial charge in [0, 0.05) is 11.6 Å². The lowest BCUT2D eigenvalue weighted by atomic mass is 10.1. The highest BCUT2D eigenvalue weighted by atomic mass is 19.1. The Balaban J connectivity index is 1.67. The first kappa shape index (κ1) is 16.5. The van der Waals surface area contributed by atoms with Gasteiger partial charge in [0.2, 0.25) is 0 Å². The molecule has 7 heteroatoms. The summed E-state index contributed by atoms with van der Waals surface area (Å²) in [5.41, 5.74) is 4.85. The van der Waals surface area contributed by atoms with Crippen LogP contribution in [0.2, 0.25) is 0 Å². The molecule has 0 aliphatic rings. The fraction of sp³-hybridized carbons (Fsp3) is 0.0556. The molecule has 0 radical (unpaired) electrons. The molecule has 0 aliphatic carbocycles. The van der Waals surface area contributed by atoms with Gasteiger partial charge in [0.1, 0.15) is 11.5 Å². The Morgan fingerprint density at radius 2 is 1.88 bits per heavy atom. The number of nitrogens with zero attached hydrogens (tertiary/aromatic N) is 3. The summed E-state index contributed by atoms with van der Waals surface area (Å²) in [7, 11) is 0. The van der Waals surface area contributed by atoms with Crippen molar-refractivity contribution in [3.05, 3.63) is 77.7 Å². The van der Waals surface area contributed by atoms with Crippen molar-refractivity contribution >= 4 is 12.0 Å². The molecule has 25 heavy (non-hydrogen) atoms. The van der Waals surface area contributed by atoms with Crippen molar-refractivity contribution in [1.29, 1.82) is 0 Å². The third kappa shape index (κ3) is 4.36. The zero-order valence-corrected chi connectivity index (χ0v) is 13.1. The van der Waals surface area contributed by atoms with Crippen molar-refractivity contribution < 1.29 is 14.4 Å². The number of carbonyl (C=O) groups excluding carboxylic acids is 1. The number of carbonyl (C=O) groups is 1. The third-order valence-electron chi connectivity index (χ3n) is 3.54. The van der Waals surface area contributed by atoms with Gasteiger partial charge in [-0.25, -0.2) is 14.6 Å². The Labute approximate surface area is 143 Å². The Morgan fingerprint density at radius 3 is 2.56 bits per heavy atom. The molecule has 3 aromatic rings. The SMILES string of the molecule is O=C(C=Cc1ccc(Cn2cc(-c3ccc(F)cc3)nn2)cc1)NO. The van der Waals surface area contributed by atoms with Gasteiger partial charge in [-0.2, -0.15) is 0 Å². The van der Waals surface area contributed by atoms with E-state index in [4.69, 9.17) is 5.21 Å². The molecule has 0 saturated carbocycles. The molecule has 0 fully saturated rings. The van der Waals surface area contributed by atoms with Crippen LogP contribution in [-0.4, -0.2) is 26.1 Å². The van der Waals surface area contributed by atoms with Gasteiger partial charge >= 0.3 is 0 Å². The molecule has 126 valence electrons. The topological polar surface area (TPSA) is 80.0 Å². The second-order valence-corrected chi connectivity index (χ2v) is 5.36. The van der Waals surface area contributed by atoms with Gasteiger partial charge in [-0.3, -0.25) is 10.0 Å². The number of hydroxylamine groups is 1. The summed E-state index contributed by atoms with van der Waals surface area (Å²) in [6.45, 7) is 0.537. The number of hydrogen-bond acceptors (Lipinski definition) is 4. The lowest BCUT2D eigenvalue weighted by Gasteiger charge is -2.01. The molecule has 1 heterocycles. The van der Waals surface area contributed by atoms with Crippen LogP contribution in [0.5, 0.6) is 0 Å². The number of amides is 1. The average Bonchev–Trinajstić information content (AvgIpc) is 3.10. The summed E-state index contributed by atoms with van der Waals surface area (Å²) in [4.78, 5) is 10.9. The van der Waals surface area contributed by atoms with E-state index in [-0.39, 0.29) is 5.82 Å². The van der Waals surface area contributed by atoms with E-state index in [9.17, 15) is 9.18 Å². The Kier molecular flexibility index (Phi) is 4.96. The van der Waals surface area contributed by atoms with Crippen molar-refractivity contribution in [2.45, 2.75) is 6.54 Å². The quantitative estimate of drug-likeness (QED) is 0.426. The maximum atomic E-state index is 13.0. The van der Waals surface area contributed by atoms with E-state index in [1.807, 2.05) is 24.3 Å². The first-order valence-electron chi connectivity index (χ1n) is 7.51. The number of halogens is 1. The molecule has 0 atom stereocenters. The van der Waals surface area contributed by atoms with Crippen LogP contribution in [0.4, 0.5) is 4.39 Å². The van der Waals surface area contributed by atoms with Gasteiger partial charge in [-0.15, -0.1) is 5.10 Å². The number of aromatic nitrogens is 3. The predicted molar refractivity (Wildman–Crippen MR) is 89.9 cm³/mol. The van der Waals surface area contributed by atoms with Gasteiger partial charge in [0.25, 0.3) is 5.91 Å². The van der Waals surface area contributed by atoms with Crippen molar-refractivity contribution in [3.8, 4) is 11.3 Å². The summed E-state index contributed by atoms with van der Waals surface area (Å²) in [6, 6.07) is 13.6. The first-order chi connectivity index (χ1) is 12.1. The van der Waals surface area contributed by atoms with Gasteiger partial charge in [-0.05, 0) is 41.5 Å². The Bertz CT molecular complexity index is 886. The van der Waals surface area contributed by atoms with Crippen molar-refractivity contribution in [3.63, 3.8) is 0 Å². The highest BCUT2D eigenvalue weighted by molar-refractivity contribution is 5.90. The molecule has 0 unspecified atom stereocenters. The molecule has 0 bridgehead atoms. The van der Waals surface area contributed by atoms with Gasteiger partial charge < -0.3 is 0 Å². The standard InChI is InChI=1S/C18H15FN4O2/c19-16-8-6-15(7-9-16)17-12-23(22-20-17)11-14-3-1-13(2-4-14)5-10-18(24)21-25/h1-10,12,25H,11H2,(H,21,24). The fourth-order valence-corrected chi connectivity index (χ4v) is 2.26. The molecular weight excluding hydrogens is 323 g/mol. The lowest BCUT2D eigenvalue weighted by molar-refractivity contribution is -0.124. The fourth-order valence-electron chi connectivity index (χ4n) is 2.26. The van der Waals surface area contributed by atoms with Crippen LogP contribution in [0.25, 0.3) is 17.3 Å². The molecular formula is C18H15FN4O2. The minimum absolute atomic E-state index is 0.290. The Morgan fingerprint density at radius 1 is 1.16 bits per heavy atom. The molecule has 6 nitrogen and oxygen atoms in total. The first-order valence-corrected chi connectivity index (χ1v) is 7.51. The molecule has 1 aromatic heterocycles. The van der Waals surface area contributed by atoms with Crippen LogP contribution in [0.3, 0.4) is 0 Å². The highest BCUT2D eigenvalue weighted by Crippen LogP contribution is 2.17. The van der Waals surface area contributed by atoms with E-state index in [2.05, 4.69) is 10.3 Å². The van der Waals surface area contributed by atoms with E-state index in [1.54, 1.807) is 29.1 Å². The van der Waals surface area contributed by atoms with Crippen LogP contribution < -0.4 is 5.48 Å². The summed E-state index contributed by atoms with van der Waals surface area (Å²) in [5.74, 6) is -0.873. The van der Waals surface area contributed by atoms with Crippen LogP contribution in [0, 0.1) is 5.82 Å². The second kappa shape index (κ2) is 7.50. The van der Waals surface area contributed by atoms with Gasteiger partial charge in [0.05, 0.1) is 12.7 Å². The molecule has 2 aromatic carbocycles.